The van der Waals surface area contributed by atoms with Gasteiger partial charge in [0.2, 0.25) is 5.91 Å². The molecular formula is C21H29N3O. The summed E-state index contributed by atoms with van der Waals surface area (Å²) in [6, 6.07) is 8.64. The quantitative estimate of drug-likeness (QED) is 0.922. The minimum absolute atomic E-state index is 0.107. The highest BCUT2D eigenvalue weighted by Gasteiger charge is 2.29. The van der Waals surface area contributed by atoms with Crippen molar-refractivity contribution in [1.29, 1.82) is 0 Å². The van der Waals surface area contributed by atoms with Crippen molar-refractivity contribution in [2.75, 3.05) is 13.6 Å². The first-order valence-corrected chi connectivity index (χ1v) is 9.24. The number of piperidine rings is 1. The molecule has 1 aliphatic heterocycles. The number of amides is 1. The molecule has 0 bridgehead atoms. The predicted octanol–water partition coefficient (Wildman–Crippen LogP) is 3.77. The van der Waals surface area contributed by atoms with E-state index in [4.69, 9.17) is 0 Å². The van der Waals surface area contributed by atoms with Gasteiger partial charge in [0.05, 0.1) is 11.2 Å². The lowest BCUT2D eigenvalue weighted by atomic mass is 9.92. The van der Waals surface area contributed by atoms with E-state index in [1.165, 1.54) is 18.2 Å². The van der Waals surface area contributed by atoms with Crippen molar-refractivity contribution in [2.45, 2.75) is 58.0 Å². The number of likely N-dealkylation sites (tertiary alicyclic amines) is 1. The van der Waals surface area contributed by atoms with Crippen LogP contribution in [0.25, 0.3) is 10.8 Å². The zero-order valence-corrected chi connectivity index (χ0v) is 15.8. The Morgan fingerprint density at radius 3 is 2.72 bits per heavy atom. The van der Waals surface area contributed by atoms with Gasteiger partial charge in [-0.15, -0.1) is 0 Å². The van der Waals surface area contributed by atoms with Gasteiger partial charge in [0.1, 0.15) is 0 Å². The fourth-order valence-corrected chi connectivity index (χ4v) is 3.91. The van der Waals surface area contributed by atoms with Crippen molar-refractivity contribution in [2.24, 2.45) is 0 Å². The lowest BCUT2D eigenvalue weighted by Crippen LogP contribution is -2.46. The molecule has 0 radical (unpaired) electrons. The number of fused-ring (bicyclic) bond motifs is 1. The Hall–Kier alpha value is -1.94. The molecule has 4 heteroatoms. The van der Waals surface area contributed by atoms with Crippen molar-refractivity contribution >= 4 is 16.7 Å². The summed E-state index contributed by atoms with van der Waals surface area (Å²) >= 11 is 0. The van der Waals surface area contributed by atoms with Crippen LogP contribution in [0.5, 0.6) is 0 Å². The monoisotopic (exact) mass is 339 g/mol. The average molecular weight is 339 g/mol. The first-order chi connectivity index (χ1) is 11.9. The molecule has 0 spiro atoms. The molecule has 0 aliphatic carbocycles. The second-order valence-electron chi connectivity index (χ2n) is 7.84. The number of carbonyl (C=O) groups is 1. The van der Waals surface area contributed by atoms with Gasteiger partial charge in [-0.1, -0.05) is 30.7 Å². The predicted molar refractivity (Wildman–Crippen MR) is 103 cm³/mol. The van der Waals surface area contributed by atoms with Crippen molar-refractivity contribution in [3.63, 3.8) is 0 Å². The summed E-state index contributed by atoms with van der Waals surface area (Å²) in [7, 11) is 2.12. The van der Waals surface area contributed by atoms with Crippen LogP contribution in [-0.4, -0.2) is 35.4 Å². The van der Waals surface area contributed by atoms with E-state index >= 15 is 0 Å². The van der Waals surface area contributed by atoms with Gasteiger partial charge in [-0.2, -0.15) is 0 Å². The minimum atomic E-state index is -0.502. The molecule has 1 atom stereocenters. The topological polar surface area (TPSA) is 45.2 Å². The highest BCUT2D eigenvalue weighted by atomic mass is 16.1. The number of carbonyl (C=O) groups excluding carboxylic acids is 1. The Labute approximate surface area is 150 Å². The van der Waals surface area contributed by atoms with Crippen LogP contribution in [0.3, 0.4) is 0 Å². The van der Waals surface area contributed by atoms with Crippen LogP contribution in [0.1, 0.15) is 50.8 Å². The Balaban J connectivity index is 1.80. The Morgan fingerprint density at radius 1 is 1.28 bits per heavy atom. The highest BCUT2D eigenvalue weighted by molar-refractivity contribution is 5.88. The van der Waals surface area contributed by atoms with Crippen LogP contribution >= 0.6 is 0 Å². The number of aromatic nitrogens is 1. The summed E-state index contributed by atoms with van der Waals surface area (Å²) in [5.41, 5.74) is 1.59. The molecule has 1 aromatic carbocycles. The molecule has 1 fully saturated rings. The molecule has 4 nitrogen and oxygen atoms in total. The number of nitrogens with zero attached hydrogens (tertiary/aromatic N) is 2. The van der Waals surface area contributed by atoms with E-state index in [9.17, 15) is 4.79 Å². The third-order valence-corrected chi connectivity index (χ3v) is 5.38. The Morgan fingerprint density at radius 2 is 2.00 bits per heavy atom. The maximum absolute atomic E-state index is 12.7. The zero-order valence-electron chi connectivity index (χ0n) is 15.8. The van der Waals surface area contributed by atoms with Crippen LogP contribution in [0.4, 0.5) is 0 Å². The number of hydrogen-bond acceptors (Lipinski definition) is 3. The molecular weight excluding hydrogens is 310 g/mol. The number of aryl methyl sites for hydroxylation is 1. The van der Waals surface area contributed by atoms with Crippen LogP contribution in [0.2, 0.25) is 0 Å². The SMILES string of the molecule is Cc1cnc(C(C)(C)NC(=O)CC2CCCCN2C)c2ccccc12. The summed E-state index contributed by atoms with van der Waals surface area (Å²) in [5.74, 6) is 0.107. The van der Waals surface area contributed by atoms with E-state index in [2.05, 4.69) is 41.3 Å². The average Bonchev–Trinajstić information content (AvgIpc) is 2.57. The molecule has 25 heavy (non-hydrogen) atoms. The van der Waals surface area contributed by atoms with Gasteiger partial charge >= 0.3 is 0 Å². The lowest BCUT2D eigenvalue weighted by Gasteiger charge is -2.33. The second-order valence-corrected chi connectivity index (χ2v) is 7.84. The number of benzene rings is 1. The zero-order chi connectivity index (χ0) is 18.0. The van der Waals surface area contributed by atoms with E-state index in [1.807, 2.05) is 32.2 Å². The molecule has 2 heterocycles. The minimum Gasteiger partial charge on any atom is -0.346 e. The fourth-order valence-electron chi connectivity index (χ4n) is 3.91. The van der Waals surface area contributed by atoms with E-state index in [0.717, 1.165) is 29.6 Å². The van der Waals surface area contributed by atoms with Crippen LogP contribution in [0.15, 0.2) is 30.5 Å². The summed E-state index contributed by atoms with van der Waals surface area (Å²) in [4.78, 5) is 19.7. The molecule has 1 saturated heterocycles. The number of nitrogens with one attached hydrogen (secondary N) is 1. The van der Waals surface area contributed by atoms with Crippen LogP contribution < -0.4 is 5.32 Å². The summed E-state index contributed by atoms with van der Waals surface area (Å²) in [5, 5.41) is 5.53. The number of rotatable bonds is 4. The maximum Gasteiger partial charge on any atom is 0.222 e. The Kier molecular flexibility index (Phi) is 5.09. The van der Waals surface area contributed by atoms with Gasteiger partial charge in [0.15, 0.2) is 0 Å². The maximum atomic E-state index is 12.7. The van der Waals surface area contributed by atoms with E-state index in [-0.39, 0.29) is 5.91 Å². The molecule has 1 amide bonds. The molecule has 2 aromatic rings. The van der Waals surface area contributed by atoms with Crippen LogP contribution in [-0.2, 0) is 10.3 Å². The standard InChI is InChI=1S/C21H29N3O/c1-15-14-22-20(18-11-6-5-10-17(15)18)21(2,3)23-19(25)13-16-9-7-8-12-24(16)4/h5-6,10-11,14,16H,7-9,12-13H2,1-4H3,(H,23,25). The molecule has 0 saturated carbocycles. The van der Waals surface area contributed by atoms with Gasteiger partial charge in [-0.3, -0.25) is 9.78 Å². The smallest absolute Gasteiger partial charge is 0.222 e. The first kappa shape index (κ1) is 17.9. The molecule has 134 valence electrons. The van der Waals surface area contributed by atoms with Gasteiger partial charge in [0, 0.05) is 24.0 Å². The van der Waals surface area contributed by atoms with Gasteiger partial charge in [-0.05, 0) is 58.2 Å². The number of hydrogen-bond donors (Lipinski definition) is 1. The van der Waals surface area contributed by atoms with Gasteiger partial charge < -0.3 is 10.2 Å². The van der Waals surface area contributed by atoms with Crippen molar-refractivity contribution < 1.29 is 4.79 Å². The first-order valence-electron chi connectivity index (χ1n) is 9.24. The van der Waals surface area contributed by atoms with Crippen LogP contribution in [0, 0.1) is 6.92 Å². The van der Waals surface area contributed by atoms with Gasteiger partial charge in [0.25, 0.3) is 0 Å². The number of pyridine rings is 1. The largest absolute Gasteiger partial charge is 0.346 e. The normalized spacial score (nSPS) is 19.1. The van der Waals surface area contributed by atoms with E-state index in [1.54, 1.807) is 0 Å². The second kappa shape index (κ2) is 7.12. The van der Waals surface area contributed by atoms with Gasteiger partial charge in [-0.25, -0.2) is 0 Å². The van der Waals surface area contributed by atoms with Crippen molar-refractivity contribution in [3.05, 3.63) is 41.7 Å². The fraction of sp³-hybridized carbons (Fsp3) is 0.524. The lowest BCUT2D eigenvalue weighted by molar-refractivity contribution is -0.124. The third kappa shape index (κ3) is 3.84. The summed E-state index contributed by atoms with van der Waals surface area (Å²) in [6.45, 7) is 7.24. The van der Waals surface area contributed by atoms with Crippen molar-refractivity contribution in [1.82, 2.24) is 15.2 Å². The molecule has 1 N–H and O–H groups in total. The van der Waals surface area contributed by atoms with E-state index in [0.29, 0.717) is 12.5 Å². The molecule has 1 aromatic heterocycles. The summed E-state index contributed by atoms with van der Waals surface area (Å²) in [6.07, 6.45) is 6.02. The Bertz CT molecular complexity index is 769. The molecule has 1 unspecified atom stereocenters. The van der Waals surface area contributed by atoms with E-state index < -0.39 is 5.54 Å². The third-order valence-electron chi connectivity index (χ3n) is 5.38. The van der Waals surface area contributed by atoms with Crippen molar-refractivity contribution in [3.8, 4) is 0 Å². The molecule has 1 aliphatic rings. The highest BCUT2D eigenvalue weighted by Crippen LogP contribution is 2.28. The summed E-state index contributed by atoms with van der Waals surface area (Å²) < 4.78 is 0. The molecule has 3 rings (SSSR count).